The minimum Gasteiger partial charge on any atom is -0.422 e. The van der Waals surface area contributed by atoms with Crippen molar-refractivity contribution in [3.8, 4) is 0 Å². The lowest BCUT2D eigenvalue weighted by Gasteiger charge is -2.03. The van der Waals surface area contributed by atoms with E-state index in [1.165, 1.54) is 11.3 Å². The first kappa shape index (κ1) is 12.6. The topological polar surface area (TPSA) is 72.2 Å². The number of hydrogen-bond donors (Lipinski definition) is 1. The Balaban J connectivity index is 1.87. The summed E-state index contributed by atoms with van der Waals surface area (Å²) in [5.74, 6) is -0.459. The molecule has 1 N–H and O–H groups in total. The van der Waals surface area contributed by atoms with Gasteiger partial charge in [0.05, 0.1) is 6.54 Å². The van der Waals surface area contributed by atoms with Crippen molar-refractivity contribution in [2.75, 3.05) is 0 Å². The van der Waals surface area contributed by atoms with Gasteiger partial charge in [0.2, 0.25) is 0 Å². The van der Waals surface area contributed by atoms with E-state index < -0.39 is 11.5 Å². The van der Waals surface area contributed by atoms with Gasteiger partial charge in [0.1, 0.15) is 16.2 Å². The molecule has 0 aliphatic carbocycles. The lowest BCUT2D eigenvalue weighted by atomic mass is 10.2. The van der Waals surface area contributed by atoms with E-state index in [-0.39, 0.29) is 5.56 Å². The maximum absolute atomic E-state index is 12.0. The highest BCUT2D eigenvalue weighted by Crippen LogP contribution is 2.12. The Bertz CT molecular complexity index is 809. The summed E-state index contributed by atoms with van der Waals surface area (Å²) in [6, 6.07) is 8.61. The fourth-order valence-corrected chi connectivity index (χ4v) is 2.37. The molecule has 0 unspecified atom stereocenters. The molecule has 2 aromatic heterocycles. The average molecular weight is 286 g/mol. The number of hydrogen-bond acceptors (Lipinski definition) is 5. The van der Waals surface area contributed by atoms with Crippen LogP contribution in [0.1, 0.15) is 15.4 Å². The molecule has 0 aliphatic heterocycles. The van der Waals surface area contributed by atoms with Gasteiger partial charge in [-0.1, -0.05) is 18.2 Å². The van der Waals surface area contributed by atoms with Crippen LogP contribution in [-0.2, 0) is 6.54 Å². The average Bonchev–Trinajstić information content (AvgIpc) is 2.97. The molecule has 0 bridgehead atoms. The van der Waals surface area contributed by atoms with E-state index in [0.29, 0.717) is 17.5 Å². The van der Waals surface area contributed by atoms with E-state index in [4.69, 9.17) is 4.42 Å². The van der Waals surface area contributed by atoms with E-state index in [1.54, 1.807) is 30.5 Å². The summed E-state index contributed by atoms with van der Waals surface area (Å²) in [6.45, 7) is 0.294. The summed E-state index contributed by atoms with van der Waals surface area (Å²) in [7, 11) is 0. The van der Waals surface area contributed by atoms with Crippen LogP contribution in [0.15, 0.2) is 51.1 Å². The smallest absolute Gasteiger partial charge is 0.349 e. The molecule has 0 aliphatic rings. The fraction of sp³-hybridized carbons (Fsp3) is 0.0714. The van der Waals surface area contributed by atoms with Crippen LogP contribution in [0.5, 0.6) is 0 Å². The number of aromatic nitrogens is 1. The Morgan fingerprint density at radius 1 is 1.35 bits per heavy atom. The van der Waals surface area contributed by atoms with E-state index >= 15 is 0 Å². The SMILES string of the molecule is O=C(NCc1nccs1)c1cc2ccccc2oc1=O. The number of carbonyl (C=O) groups is 1. The van der Waals surface area contributed by atoms with Gasteiger partial charge in [-0.05, 0) is 12.1 Å². The van der Waals surface area contributed by atoms with Gasteiger partial charge in [-0.15, -0.1) is 11.3 Å². The lowest BCUT2D eigenvalue weighted by Crippen LogP contribution is -2.27. The number of rotatable bonds is 3. The molecule has 3 rings (SSSR count). The first-order chi connectivity index (χ1) is 9.74. The van der Waals surface area contributed by atoms with E-state index in [0.717, 1.165) is 5.01 Å². The van der Waals surface area contributed by atoms with E-state index in [9.17, 15) is 9.59 Å². The van der Waals surface area contributed by atoms with Gasteiger partial charge >= 0.3 is 5.63 Å². The Morgan fingerprint density at radius 3 is 3.00 bits per heavy atom. The fourth-order valence-electron chi connectivity index (χ4n) is 1.81. The Labute approximate surface area is 117 Å². The highest BCUT2D eigenvalue weighted by molar-refractivity contribution is 7.09. The molecule has 0 radical (unpaired) electrons. The standard InChI is InChI=1S/C14H10N2O3S/c17-13(16-8-12-15-5-6-20-12)10-7-9-3-1-2-4-11(9)19-14(10)18/h1-7H,8H2,(H,16,17). The molecule has 1 amide bonds. The molecule has 0 fully saturated rings. The molecule has 1 aromatic carbocycles. The molecular formula is C14H10N2O3S. The third-order valence-corrected chi connectivity index (χ3v) is 3.55. The number of thiazole rings is 1. The minimum absolute atomic E-state index is 0.000237. The van der Waals surface area contributed by atoms with Crippen molar-refractivity contribution in [1.82, 2.24) is 10.3 Å². The van der Waals surface area contributed by atoms with Crippen LogP contribution in [0.25, 0.3) is 11.0 Å². The van der Waals surface area contributed by atoms with Gasteiger partial charge in [0, 0.05) is 17.0 Å². The second-order valence-electron chi connectivity index (χ2n) is 4.09. The number of para-hydroxylation sites is 1. The van der Waals surface area contributed by atoms with E-state index in [1.807, 2.05) is 11.4 Å². The second kappa shape index (κ2) is 5.26. The van der Waals surface area contributed by atoms with E-state index in [2.05, 4.69) is 10.3 Å². The third kappa shape index (κ3) is 2.46. The van der Waals surface area contributed by atoms with Crippen LogP contribution in [0.2, 0.25) is 0 Å². The quantitative estimate of drug-likeness (QED) is 0.749. The maximum Gasteiger partial charge on any atom is 0.349 e. The van der Waals surface area contributed by atoms with Crippen LogP contribution in [0.4, 0.5) is 0 Å². The molecule has 20 heavy (non-hydrogen) atoms. The molecule has 0 saturated heterocycles. The summed E-state index contributed by atoms with van der Waals surface area (Å²) in [6.07, 6.45) is 1.66. The van der Waals surface area contributed by atoms with Gasteiger partial charge in [-0.25, -0.2) is 9.78 Å². The first-order valence-corrected chi connectivity index (χ1v) is 6.81. The largest absolute Gasteiger partial charge is 0.422 e. The number of fused-ring (bicyclic) bond motifs is 1. The summed E-state index contributed by atoms with van der Waals surface area (Å²) < 4.78 is 5.12. The van der Waals surface area contributed by atoms with Crippen LogP contribution in [0.3, 0.4) is 0 Å². The number of benzene rings is 1. The zero-order valence-corrected chi connectivity index (χ0v) is 11.1. The van der Waals surface area contributed by atoms with Gasteiger partial charge in [-0.2, -0.15) is 0 Å². The second-order valence-corrected chi connectivity index (χ2v) is 5.07. The number of amides is 1. The minimum atomic E-state index is -0.639. The predicted octanol–water partition coefficient (Wildman–Crippen LogP) is 2.18. The normalized spacial score (nSPS) is 10.6. The Kier molecular flexibility index (Phi) is 3.30. The molecule has 6 heteroatoms. The van der Waals surface area contributed by atoms with Crippen LogP contribution in [-0.4, -0.2) is 10.9 Å². The molecule has 2 heterocycles. The van der Waals surface area contributed by atoms with Crippen LogP contribution >= 0.6 is 11.3 Å². The molecule has 100 valence electrons. The van der Waals surface area contributed by atoms with Crippen molar-refractivity contribution in [3.63, 3.8) is 0 Å². The van der Waals surface area contributed by atoms with Crippen LogP contribution in [0, 0.1) is 0 Å². The van der Waals surface area contributed by atoms with Gasteiger partial charge in [0.15, 0.2) is 0 Å². The highest BCUT2D eigenvalue weighted by atomic mass is 32.1. The first-order valence-electron chi connectivity index (χ1n) is 5.93. The molecular weight excluding hydrogens is 276 g/mol. The zero-order valence-electron chi connectivity index (χ0n) is 10.3. The van der Waals surface area contributed by atoms with Crippen molar-refractivity contribution >= 4 is 28.2 Å². The molecule has 3 aromatic rings. The number of carbonyl (C=O) groups excluding carboxylic acids is 1. The molecule has 5 nitrogen and oxygen atoms in total. The Hall–Kier alpha value is -2.47. The highest BCUT2D eigenvalue weighted by Gasteiger charge is 2.13. The number of nitrogens with one attached hydrogen (secondary N) is 1. The van der Waals surface area contributed by atoms with Crippen molar-refractivity contribution in [1.29, 1.82) is 0 Å². The van der Waals surface area contributed by atoms with Gasteiger partial charge in [-0.3, -0.25) is 4.79 Å². The predicted molar refractivity (Wildman–Crippen MR) is 75.8 cm³/mol. The third-order valence-electron chi connectivity index (χ3n) is 2.77. The molecule has 0 saturated carbocycles. The molecule has 0 atom stereocenters. The van der Waals surface area contributed by atoms with Crippen molar-refractivity contribution < 1.29 is 9.21 Å². The maximum atomic E-state index is 12.0. The number of nitrogens with zero attached hydrogens (tertiary/aromatic N) is 1. The lowest BCUT2D eigenvalue weighted by molar-refractivity contribution is 0.0947. The summed E-state index contributed by atoms with van der Waals surface area (Å²) >= 11 is 1.44. The zero-order chi connectivity index (χ0) is 13.9. The monoisotopic (exact) mass is 286 g/mol. The van der Waals surface area contributed by atoms with Crippen molar-refractivity contribution in [2.24, 2.45) is 0 Å². The summed E-state index contributed by atoms with van der Waals surface area (Å²) in [4.78, 5) is 27.9. The summed E-state index contributed by atoms with van der Waals surface area (Å²) in [5, 5.41) is 5.98. The Morgan fingerprint density at radius 2 is 2.20 bits per heavy atom. The van der Waals surface area contributed by atoms with Crippen LogP contribution < -0.4 is 10.9 Å². The van der Waals surface area contributed by atoms with Crippen molar-refractivity contribution in [2.45, 2.75) is 6.54 Å². The van der Waals surface area contributed by atoms with Gasteiger partial charge < -0.3 is 9.73 Å². The van der Waals surface area contributed by atoms with Crippen molar-refractivity contribution in [3.05, 3.63) is 62.9 Å². The summed E-state index contributed by atoms with van der Waals surface area (Å²) in [5.41, 5.74) is -0.172. The molecule has 0 spiro atoms. The van der Waals surface area contributed by atoms with Gasteiger partial charge in [0.25, 0.3) is 5.91 Å².